The highest BCUT2D eigenvalue weighted by atomic mass is 32.2. The molecule has 2 unspecified atom stereocenters. The number of ether oxygens (including phenoxy) is 1. The number of hydrogen-bond donors (Lipinski definition) is 1. The van der Waals surface area contributed by atoms with E-state index in [9.17, 15) is 9.00 Å². The van der Waals surface area contributed by atoms with Crippen LogP contribution in [0.25, 0.3) is 0 Å². The average molecular weight is 380 g/mol. The molecule has 1 aliphatic heterocycles. The summed E-state index contributed by atoms with van der Waals surface area (Å²) in [5.74, 6) is 1.65. The Hall–Kier alpha value is -1.89. The maximum Gasteiger partial charge on any atom is 0.310 e. The number of nitrogens with one attached hydrogen (secondary N) is 1. The maximum absolute atomic E-state index is 12.2. The fourth-order valence-corrected chi connectivity index (χ4v) is 4.10. The maximum atomic E-state index is 12.2. The van der Waals surface area contributed by atoms with Crippen molar-refractivity contribution in [2.45, 2.75) is 25.5 Å². The lowest BCUT2D eigenvalue weighted by molar-refractivity contribution is -0.149. The Bertz CT molecular complexity index is 622. The molecule has 1 aliphatic rings. The molecule has 26 heavy (non-hydrogen) atoms. The van der Waals surface area contributed by atoms with E-state index >= 15 is 0 Å². The molecule has 0 saturated carbocycles. The quantitative estimate of drug-likeness (QED) is 0.444. The molecule has 0 radical (unpaired) electrons. The second kappa shape index (κ2) is 11.0. The monoisotopic (exact) mass is 379 g/mol. The van der Waals surface area contributed by atoms with Crippen LogP contribution >= 0.6 is 0 Å². The van der Waals surface area contributed by atoms with Gasteiger partial charge in [0, 0.05) is 49.0 Å². The second-order valence-corrected chi connectivity index (χ2v) is 7.86. The highest BCUT2D eigenvalue weighted by Gasteiger charge is 2.28. The van der Waals surface area contributed by atoms with E-state index in [2.05, 4.69) is 15.2 Å². The molecule has 6 nitrogen and oxygen atoms in total. The molecule has 1 fully saturated rings. The average Bonchev–Trinajstić information content (AvgIpc) is 2.66. The van der Waals surface area contributed by atoms with Crippen LogP contribution in [0, 0.1) is 5.92 Å². The zero-order valence-electron chi connectivity index (χ0n) is 15.6. The fraction of sp³-hybridized carbons (Fsp3) is 0.579. The molecule has 1 heterocycles. The Morgan fingerprint density at radius 3 is 2.85 bits per heavy atom. The van der Waals surface area contributed by atoms with Crippen molar-refractivity contribution < 1.29 is 13.7 Å². The van der Waals surface area contributed by atoms with E-state index in [4.69, 9.17) is 4.74 Å². The molecule has 1 N–H and O–H groups in total. The zero-order chi connectivity index (χ0) is 18.8. The van der Waals surface area contributed by atoms with E-state index in [1.807, 2.05) is 37.3 Å². The molecule has 0 amide bonds. The van der Waals surface area contributed by atoms with E-state index in [0.717, 1.165) is 30.9 Å². The van der Waals surface area contributed by atoms with Crippen LogP contribution in [0.2, 0.25) is 0 Å². The number of hydrogen-bond acceptors (Lipinski definition) is 4. The van der Waals surface area contributed by atoms with Crippen LogP contribution < -0.4 is 5.32 Å². The number of likely N-dealkylation sites (tertiary alicyclic amines) is 1. The number of benzene rings is 1. The first-order valence-electron chi connectivity index (χ1n) is 9.15. The van der Waals surface area contributed by atoms with Crippen molar-refractivity contribution in [3.63, 3.8) is 0 Å². The number of guanidine groups is 1. The number of piperidine rings is 1. The van der Waals surface area contributed by atoms with Crippen molar-refractivity contribution in [2.75, 3.05) is 39.0 Å². The molecule has 2 rings (SSSR count). The van der Waals surface area contributed by atoms with E-state index in [1.165, 1.54) is 0 Å². The van der Waals surface area contributed by atoms with Gasteiger partial charge in [-0.3, -0.25) is 14.0 Å². The first-order valence-corrected chi connectivity index (χ1v) is 10.6. The van der Waals surface area contributed by atoms with Gasteiger partial charge < -0.3 is 15.0 Å². The van der Waals surface area contributed by atoms with Crippen LogP contribution in [0.15, 0.2) is 35.3 Å². The Kier molecular flexibility index (Phi) is 8.61. The molecule has 1 saturated heterocycles. The topological polar surface area (TPSA) is 71.0 Å². The number of carbonyl (C=O) groups excluding carboxylic acids is 1. The lowest BCUT2D eigenvalue weighted by Crippen LogP contribution is -2.49. The molecular weight excluding hydrogens is 350 g/mol. The van der Waals surface area contributed by atoms with E-state index in [-0.39, 0.29) is 11.9 Å². The van der Waals surface area contributed by atoms with Crippen LogP contribution in [0.5, 0.6) is 0 Å². The minimum absolute atomic E-state index is 0.102. The number of rotatable bonds is 7. The predicted molar refractivity (Wildman–Crippen MR) is 105 cm³/mol. The molecule has 0 spiro atoms. The van der Waals surface area contributed by atoms with Gasteiger partial charge in [-0.25, -0.2) is 0 Å². The summed E-state index contributed by atoms with van der Waals surface area (Å²) >= 11 is 0. The van der Waals surface area contributed by atoms with Crippen LogP contribution in [0.3, 0.4) is 0 Å². The molecule has 1 aromatic carbocycles. The van der Waals surface area contributed by atoms with Crippen molar-refractivity contribution in [3.8, 4) is 0 Å². The SMILES string of the molecule is CCOC(=O)C1CCCN(C(=NC)NCCS(=O)Cc2ccccc2)C1. The highest BCUT2D eigenvalue weighted by Crippen LogP contribution is 2.18. The minimum Gasteiger partial charge on any atom is -0.466 e. The molecule has 2 atom stereocenters. The van der Waals surface area contributed by atoms with Crippen molar-refractivity contribution >= 4 is 22.7 Å². The second-order valence-electron chi connectivity index (χ2n) is 6.29. The van der Waals surface area contributed by atoms with Crippen LogP contribution in [0.1, 0.15) is 25.3 Å². The van der Waals surface area contributed by atoms with Crippen LogP contribution in [0.4, 0.5) is 0 Å². The Balaban J connectivity index is 1.78. The van der Waals surface area contributed by atoms with Gasteiger partial charge in [-0.05, 0) is 25.3 Å². The highest BCUT2D eigenvalue weighted by molar-refractivity contribution is 7.84. The summed E-state index contributed by atoms with van der Waals surface area (Å²) in [6.45, 7) is 4.31. The molecule has 7 heteroatoms. The van der Waals surface area contributed by atoms with Gasteiger partial charge in [-0.2, -0.15) is 0 Å². The summed E-state index contributed by atoms with van der Waals surface area (Å²) in [5.41, 5.74) is 1.09. The third-order valence-electron chi connectivity index (χ3n) is 4.34. The molecule has 144 valence electrons. The van der Waals surface area contributed by atoms with Gasteiger partial charge in [0.25, 0.3) is 0 Å². The van der Waals surface area contributed by atoms with Gasteiger partial charge in [0.05, 0.1) is 12.5 Å². The van der Waals surface area contributed by atoms with Gasteiger partial charge in [0.2, 0.25) is 0 Å². The summed E-state index contributed by atoms with van der Waals surface area (Å²) < 4.78 is 17.4. The van der Waals surface area contributed by atoms with Crippen molar-refractivity contribution in [3.05, 3.63) is 35.9 Å². The molecule has 0 aliphatic carbocycles. The van der Waals surface area contributed by atoms with Gasteiger partial charge in [-0.15, -0.1) is 0 Å². The van der Waals surface area contributed by atoms with E-state index < -0.39 is 10.8 Å². The Morgan fingerprint density at radius 2 is 2.15 bits per heavy atom. The summed E-state index contributed by atoms with van der Waals surface area (Å²) in [7, 11) is 0.812. The smallest absolute Gasteiger partial charge is 0.310 e. The summed E-state index contributed by atoms with van der Waals surface area (Å²) in [6.07, 6.45) is 1.79. The normalized spacial score (nSPS) is 19.1. The third kappa shape index (κ3) is 6.44. The first kappa shape index (κ1) is 20.4. The van der Waals surface area contributed by atoms with E-state index in [1.54, 1.807) is 7.05 Å². The third-order valence-corrected chi connectivity index (χ3v) is 5.65. The van der Waals surface area contributed by atoms with Gasteiger partial charge >= 0.3 is 5.97 Å². The van der Waals surface area contributed by atoms with Crippen LogP contribution in [-0.4, -0.2) is 60.1 Å². The summed E-state index contributed by atoms with van der Waals surface area (Å²) in [6, 6.07) is 9.87. The van der Waals surface area contributed by atoms with Crippen molar-refractivity contribution in [2.24, 2.45) is 10.9 Å². The van der Waals surface area contributed by atoms with Gasteiger partial charge in [0.1, 0.15) is 0 Å². The lowest BCUT2D eigenvalue weighted by atomic mass is 9.98. The zero-order valence-corrected chi connectivity index (χ0v) is 16.5. The minimum atomic E-state index is -0.921. The van der Waals surface area contributed by atoms with Gasteiger partial charge in [0.15, 0.2) is 5.96 Å². The van der Waals surface area contributed by atoms with Gasteiger partial charge in [-0.1, -0.05) is 30.3 Å². The Labute approximate surface area is 158 Å². The number of nitrogens with zero attached hydrogens (tertiary/aromatic N) is 2. The number of esters is 1. The van der Waals surface area contributed by atoms with Crippen molar-refractivity contribution in [1.82, 2.24) is 10.2 Å². The summed E-state index contributed by atoms with van der Waals surface area (Å²) in [5, 5.41) is 3.28. The predicted octanol–water partition coefficient (Wildman–Crippen LogP) is 1.79. The first-order chi connectivity index (χ1) is 12.6. The molecule has 0 aromatic heterocycles. The fourth-order valence-electron chi connectivity index (χ4n) is 3.06. The largest absolute Gasteiger partial charge is 0.466 e. The van der Waals surface area contributed by atoms with E-state index in [0.29, 0.717) is 31.2 Å². The molecule has 1 aromatic rings. The Morgan fingerprint density at radius 1 is 1.38 bits per heavy atom. The number of aliphatic imine (C=N–C) groups is 1. The van der Waals surface area contributed by atoms with Crippen molar-refractivity contribution in [1.29, 1.82) is 0 Å². The lowest BCUT2D eigenvalue weighted by Gasteiger charge is -2.33. The standard InChI is InChI=1S/C19H29N3O3S/c1-3-25-18(23)17-10-7-12-22(14-17)19(20-2)21-11-13-26(24)15-16-8-5-4-6-9-16/h4-6,8-9,17H,3,7,10-15H2,1-2H3,(H,20,21). The number of carbonyl (C=O) groups is 1. The molecule has 0 bridgehead atoms. The summed E-state index contributed by atoms with van der Waals surface area (Å²) in [4.78, 5) is 18.4. The van der Waals surface area contributed by atoms with Crippen LogP contribution in [-0.2, 0) is 26.1 Å². The molecular formula is C19H29N3O3S.